The molecule has 82 valence electrons. The van der Waals surface area contributed by atoms with Gasteiger partial charge < -0.3 is 4.90 Å². The summed E-state index contributed by atoms with van der Waals surface area (Å²) in [6, 6.07) is 2.41. The molecule has 0 spiro atoms. The maximum absolute atomic E-state index is 9.20. The van der Waals surface area contributed by atoms with Crippen molar-refractivity contribution in [3.63, 3.8) is 0 Å². The van der Waals surface area contributed by atoms with E-state index in [1.165, 1.54) is 0 Å². The molecular formula is C10H17N5. The highest BCUT2D eigenvalue weighted by Gasteiger charge is 2.33. The van der Waals surface area contributed by atoms with E-state index in [9.17, 15) is 5.26 Å². The van der Waals surface area contributed by atoms with Crippen molar-refractivity contribution >= 4 is 0 Å². The molecule has 1 aliphatic rings. The molecule has 0 radical (unpaired) electrons. The predicted molar refractivity (Wildman–Crippen MR) is 58.0 cm³/mol. The van der Waals surface area contributed by atoms with Crippen LogP contribution in [0.25, 0.3) is 10.4 Å². The molecule has 5 heteroatoms. The molecule has 0 aliphatic carbocycles. The van der Waals surface area contributed by atoms with Crippen LogP contribution in [0.3, 0.4) is 0 Å². The van der Waals surface area contributed by atoms with Gasteiger partial charge in [0.05, 0.1) is 11.5 Å². The molecule has 0 unspecified atom stereocenters. The Hall–Kier alpha value is -1.24. The Morgan fingerprint density at radius 2 is 2.20 bits per heavy atom. The van der Waals surface area contributed by atoms with Crippen molar-refractivity contribution in [1.82, 2.24) is 4.90 Å². The van der Waals surface area contributed by atoms with Crippen molar-refractivity contribution in [2.45, 2.75) is 26.2 Å². The average Bonchev–Trinajstić information content (AvgIpc) is 2.30. The fourth-order valence-electron chi connectivity index (χ4n) is 2.02. The maximum atomic E-state index is 9.20. The largest absolute Gasteiger partial charge is 0.303 e. The summed E-state index contributed by atoms with van der Waals surface area (Å²) in [6.45, 7) is 5.61. The van der Waals surface area contributed by atoms with E-state index in [1.807, 2.05) is 0 Å². The van der Waals surface area contributed by atoms with Gasteiger partial charge in [-0.3, -0.25) is 0 Å². The summed E-state index contributed by atoms with van der Waals surface area (Å²) in [4.78, 5) is 5.07. The number of hydrogen-bond donors (Lipinski definition) is 0. The van der Waals surface area contributed by atoms with E-state index in [2.05, 4.69) is 27.9 Å². The van der Waals surface area contributed by atoms with Gasteiger partial charge in [-0.05, 0) is 44.4 Å². The molecule has 5 nitrogen and oxygen atoms in total. The first kappa shape index (κ1) is 11.8. The summed E-state index contributed by atoms with van der Waals surface area (Å²) in [6.07, 6.45) is 2.50. The molecule has 0 atom stereocenters. The van der Waals surface area contributed by atoms with Crippen LogP contribution in [0.5, 0.6) is 0 Å². The van der Waals surface area contributed by atoms with E-state index in [-0.39, 0.29) is 5.41 Å². The Kier molecular flexibility index (Phi) is 4.41. The minimum absolute atomic E-state index is 0.250. The molecule has 0 aromatic heterocycles. The van der Waals surface area contributed by atoms with Crippen molar-refractivity contribution in [2.24, 2.45) is 10.5 Å². The van der Waals surface area contributed by atoms with Gasteiger partial charge in [-0.15, -0.1) is 0 Å². The van der Waals surface area contributed by atoms with E-state index in [0.29, 0.717) is 13.0 Å². The Morgan fingerprint density at radius 3 is 2.67 bits per heavy atom. The molecule has 15 heavy (non-hydrogen) atoms. The molecule has 1 rings (SSSR count). The summed E-state index contributed by atoms with van der Waals surface area (Å²) in [5, 5.41) is 12.7. The smallest absolute Gasteiger partial charge is 0.0690 e. The zero-order chi connectivity index (χ0) is 11.1. The van der Waals surface area contributed by atoms with Gasteiger partial charge in [-0.25, -0.2) is 0 Å². The first-order chi connectivity index (χ1) is 7.26. The van der Waals surface area contributed by atoms with Crippen LogP contribution in [0.1, 0.15) is 26.2 Å². The third-order valence-electron chi connectivity index (χ3n) is 3.25. The standard InChI is InChI=1S/C10H17N5/c1-2-15-7-4-10(9-11,5-8-15)3-6-13-14-12/h2-8H2,1H3. The highest BCUT2D eigenvalue weighted by atomic mass is 15.1. The third kappa shape index (κ3) is 3.12. The summed E-state index contributed by atoms with van der Waals surface area (Å²) >= 11 is 0. The van der Waals surface area contributed by atoms with Crippen LogP contribution >= 0.6 is 0 Å². The van der Waals surface area contributed by atoms with Crippen LogP contribution in [0.2, 0.25) is 0 Å². The Morgan fingerprint density at radius 1 is 1.53 bits per heavy atom. The quantitative estimate of drug-likeness (QED) is 0.403. The lowest BCUT2D eigenvalue weighted by atomic mass is 9.77. The fraction of sp³-hybridized carbons (Fsp3) is 0.900. The van der Waals surface area contributed by atoms with Gasteiger partial charge in [-0.2, -0.15) is 5.26 Å². The third-order valence-corrected chi connectivity index (χ3v) is 3.25. The normalized spacial score (nSPS) is 20.3. The van der Waals surface area contributed by atoms with Crippen molar-refractivity contribution < 1.29 is 0 Å². The molecule has 1 saturated heterocycles. The first-order valence-corrected chi connectivity index (χ1v) is 5.41. The minimum atomic E-state index is -0.250. The topological polar surface area (TPSA) is 75.8 Å². The lowest BCUT2D eigenvalue weighted by molar-refractivity contribution is 0.145. The number of piperidine rings is 1. The van der Waals surface area contributed by atoms with Gasteiger partial charge in [0.15, 0.2) is 0 Å². The van der Waals surface area contributed by atoms with E-state index in [4.69, 9.17) is 5.53 Å². The molecule has 1 heterocycles. The lowest BCUT2D eigenvalue weighted by Gasteiger charge is -2.36. The van der Waals surface area contributed by atoms with E-state index in [0.717, 1.165) is 32.5 Å². The predicted octanol–water partition coefficient (Wildman–Crippen LogP) is 2.31. The number of rotatable bonds is 4. The fourth-order valence-corrected chi connectivity index (χ4v) is 2.02. The lowest BCUT2D eigenvalue weighted by Crippen LogP contribution is -2.39. The van der Waals surface area contributed by atoms with Crippen LogP contribution in [-0.2, 0) is 0 Å². The van der Waals surface area contributed by atoms with Crippen molar-refractivity contribution in [2.75, 3.05) is 26.2 Å². The van der Waals surface area contributed by atoms with Gasteiger partial charge in [0.25, 0.3) is 0 Å². The zero-order valence-corrected chi connectivity index (χ0v) is 9.19. The summed E-state index contributed by atoms with van der Waals surface area (Å²) in [5.74, 6) is 0. The second-order valence-electron chi connectivity index (χ2n) is 4.03. The molecule has 0 aromatic rings. The van der Waals surface area contributed by atoms with E-state index < -0.39 is 0 Å². The first-order valence-electron chi connectivity index (χ1n) is 5.41. The van der Waals surface area contributed by atoms with E-state index in [1.54, 1.807) is 0 Å². The van der Waals surface area contributed by atoms with Gasteiger partial charge >= 0.3 is 0 Å². The Balaban J connectivity index is 2.49. The van der Waals surface area contributed by atoms with Crippen LogP contribution in [-0.4, -0.2) is 31.1 Å². The second-order valence-corrected chi connectivity index (χ2v) is 4.03. The number of hydrogen-bond acceptors (Lipinski definition) is 3. The maximum Gasteiger partial charge on any atom is 0.0690 e. The average molecular weight is 207 g/mol. The van der Waals surface area contributed by atoms with E-state index >= 15 is 0 Å². The molecular weight excluding hydrogens is 190 g/mol. The monoisotopic (exact) mass is 207 g/mol. The highest BCUT2D eigenvalue weighted by molar-refractivity contribution is 5.02. The van der Waals surface area contributed by atoms with Crippen molar-refractivity contribution in [1.29, 1.82) is 5.26 Å². The van der Waals surface area contributed by atoms with Crippen LogP contribution in [0.15, 0.2) is 5.11 Å². The van der Waals surface area contributed by atoms with Crippen LogP contribution in [0, 0.1) is 16.7 Å². The second kappa shape index (κ2) is 5.59. The van der Waals surface area contributed by atoms with Crippen molar-refractivity contribution in [3.8, 4) is 6.07 Å². The van der Waals surface area contributed by atoms with Crippen molar-refractivity contribution in [3.05, 3.63) is 10.4 Å². The molecule has 0 saturated carbocycles. The van der Waals surface area contributed by atoms with Gasteiger partial charge in [0.2, 0.25) is 0 Å². The number of nitriles is 1. The number of likely N-dealkylation sites (tertiary alicyclic amines) is 1. The summed E-state index contributed by atoms with van der Waals surface area (Å²) in [7, 11) is 0. The molecule has 0 aromatic carbocycles. The highest BCUT2D eigenvalue weighted by Crippen LogP contribution is 2.34. The number of azide groups is 1. The summed E-state index contributed by atoms with van der Waals surface area (Å²) < 4.78 is 0. The zero-order valence-electron chi connectivity index (χ0n) is 9.19. The van der Waals surface area contributed by atoms with Gasteiger partial charge in [0.1, 0.15) is 0 Å². The van der Waals surface area contributed by atoms with Crippen LogP contribution < -0.4 is 0 Å². The molecule has 1 aliphatic heterocycles. The molecule has 0 N–H and O–H groups in total. The van der Waals surface area contributed by atoms with Gasteiger partial charge in [0, 0.05) is 11.5 Å². The van der Waals surface area contributed by atoms with Gasteiger partial charge in [-0.1, -0.05) is 12.0 Å². The van der Waals surface area contributed by atoms with Crippen LogP contribution in [0.4, 0.5) is 0 Å². The SMILES string of the molecule is CCN1CCC(C#N)(CCN=[N+]=[N-])CC1. The Labute approximate surface area is 90.3 Å². The minimum Gasteiger partial charge on any atom is -0.303 e. The molecule has 0 amide bonds. The Bertz CT molecular complexity index is 279. The number of nitrogens with zero attached hydrogens (tertiary/aromatic N) is 5. The molecule has 0 bridgehead atoms. The summed E-state index contributed by atoms with van der Waals surface area (Å²) in [5.41, 5.74) is 7.95. The molecule has 1 fully saturated rings.